The molecule has 1 aromatic carbocycles. The van der Waals surface area contributed by atoms with Gasteiger partial charge in [-0.1, -0.05) is 46.8 Å². The third kappa shape index (κ3) is 2.75. The van der Waals surface area contributed by atoms with E-state index in [1.54, 1.807) is 6.92 Å². The summed E-state index contributed by atoms with van der Waals surface area (Å²) in [6.07, 6.45) is -1.17. The standard InChI is InChI=1S/C13H10N4O3S/c1-7-14-11(20-17-7)10-9(8-5-3-2-4-6-8)15-12(21-10)16-13(18)19/h2-6H,1H3,(H,15,16)(H,18,19). The van der Waals surface area contributed by atoms with Crippen molar-refractivity contribution in [2.24, 2.45) is 0 Å². The lowest BCUT2D eigenvalue weighted by Gasteiger charge is -1.97. The summed E-state index contributed by atoms with van der Waals surface area (Å²) >= 11 is 1.15. The number of nitrogens with zero attached hydrogens (tertiary/aromatic N) is 3. The zero-order valence-corrected chi connectivity index (χ0v) is 11.7. The summed E-state index contributed by atoms with van der Waals surface area (Å²) in [5, 5.41) is 15.1. The first-order chi connectivity index (χ1) is 10.1. The van der Waals surface area contributed by atoms with Gasteiger partial charge in [-0.05, 0) is 6.92 Å². The summed E-state index contributed by atoms with van der Waals surface area (Å²) in [6, 6.07) is 9.41. The fourth-order valence-corrected chi connectivity index (χ4v) is 2.69. The van der Waals surface area contributed by atoms with Gasteiger partial charge in [0, 0.05) is 5.56 Å². The van der Waals surface area contributed by atoms with Gasteiger partial charge in [0.1, 0.15) is 4.88 Å². The molecule has 0 radical (unpaired) electrons. The first-order valence-electron chi connectivity index (χ1n) is 6.00. The third-order valence-electron chi connectivity index (χ3n) is 2.61. The predicted molar refractivity (Wildman–Crippen MR) is 77.2 cm³/mol. The molecule has 21 heavy (non-hydrogen) atoms. The minimum Gasteiger partial charge on any atom is -0.465 e. The van der Waals surface area contributed by atoms with Gasteiger partial charge in [0.15, 0.2) is 11.0 Å². The lowest BCUT2D eigenvalue weighted by molar-refractivity contribution is 0.209. The minimum atomic E-state index is -1.17. The summed E-state index contributed by atoms with van der Waals surface area (Å²) in [5.41, 5.74) is 1.45. The number of anilines is 1. The first-order valence-corrected chi connectivity index (χ1v) is 6.82. The molecule has 0 aliphatic heterocycles. The molecule has 2 heterocycles. The van der Waals surface area contributed by atoms with Gasteiger partial charge >= 0.3 is 6.09 Å². The van der Waals surface area contributed by atoms with Crippen LogP contribution in [0.3, 0.4) is 0 Å². The number of aromatic nitrogens is 3. The van der Waals surface area contributed by atoms with Crippen LogP contribution in [0, 0.1) is 6.92 Å². The van der Waals surface area contributed by atoms with E-state index in [-0.39, 0.29) is 5.13 Å². The normalized spacial score (nSPS) is 10.5. The summed E-state index contributed by atoms with van der Waals surface area (Å²) in [5.74, 6) is 0.826. The number of aryl methyl sites for hydroxylation is 1. The molecule has 0 unspecified atom stereocenters. The topological polar surface area (TPSA) is 101 Å². The van der Waals surface area contributed by atoms with Crippen molar-refractivity contribution in [2.75, 3.05) is 5.32 Å². The summed E-state index contributed by atoms with van der Waals surface area (Å²) in [6.45, 7) is 1.71. The Morgan fingerprint density at radius 3 is 2.67 bits per heavy atom. The lowest BCUT2D eigenvalue weighted by Crippen LogP contribution is -2.06. The van der Waals surface area contributed by atoms with Crippen molar-refractivity contribution in [3.63, 3.8) is 0 Å². The van der Waals surface area contributed by atoms with Crippen molar-refractivity contribution < 1.29 is 14.4 Å². The molecule has 0 bridgehead atoms. The minimum absolute atomic E-state index is 0.257. The summed E-state index contributed by atoms with van der Waals surface area (Å²) < 4.78 is 5.16. The second kappa shape index (κ2) is 5.33. The van der Waals surface area contributed by atoms with E-state index < -0.39 is 6.09 Å². The molecule has 0 spiro atoms. The monoisotopic (exact) mass is 302 g/mol. The highest BCUT2D eigenvalue weighted by Gasteiger charge is 2.20. The molecule has 0 aliphatic rings. The van der Waals surface area contributed by atoms with Crippen LogP contribution in [0.2, 0.25) is 0 Å². The van der Waals surface area contributed by atoms with E-state index >= 15 is 0 Å². The average Bonchev–Trinajstić information content (AvgIpc) is 3.05. The largest absolute Gasteiger partial charge is 0.465 e. The van der Waals surface area contributed by atoms with Crippen LogP contribution in [-0.2, 0) is 0 Å². The van der Waals surface area contributed by atoms with E-state index in [4.69, 9.17) is 9.63 Å². The van der Waals surface area contributed by atoms with Gasteiger partial charge in [0.25, 0.3) is 5.89 Å². The molecule has 0 aliphatic carbocycles. The Balaban J connectivity index is 2.12. The fraction of sp³-hybridized carbons (Fsp3) is 0.0769. The van der Waals surface area contributed by atoms with Gasteiger partial charge in [-0.15, -0.1) is 0 Å². The number of amides is 1. The van der Waals surface area contributed by atoms with Crippen molar-refractivity contribution in [3.8, 4) is 22.0 Å². The Morgan fingerprint density at radius 1 is 1.29 bits per heavy atom. The maximum atomic E-state index is 10.8. The van der Waals surface area contributed by atoms with Gasteiger partial charge < -0.3 is 9.63 Å². The van der Waals surface area contributed by atoms with Crippen LogP contribution in [0.4, 0.5) is 9.93 Å². The number of nitrogens with one attached hydrogen (secondary N) is 1. The third-order valence-corrected chi connectivity index (χ3v) is 3.57. The van der Waals surface area contributed by atoms with E-state index in [9.17, 15) is 4.79 Å². The molecular formula is C13H10N4O3S. The number of rotatable bonds is 3. The highest BCUT2D eigenvalue weighted by Crippen LogP contribution is 2.38. The molecule has 0 fully saturated rings. The number of carbonyl (C=O) groups is 1. The molecule has 8 heteroatoms. The van der Waals surface area contributed by atoms with E-state index in [1.807, 2.05) is 30.3 Å². The van der Waals surface area contributed by atoms with Crippen molar-refractivity contribution in [1.82, 2.24) is 15.1 Å². The second-order valence-corrected chi connectivity index (χ2v) is 5.14. The molecule has 0 atom stereocenters. The number of hydrogen-bond donors (Lipinski definition) is 2. The van der Waals surface area contributed by atoms with Crippen molar-refractivity contribution >= 4 is 22.6 Å². The molecule has 0 saturated carbocycles. The molecule has 0 saturated heterocycles. The van der Waals surface area contributed by atoms with Crippen LogP contribution in [0.1, 0.15) is 5.82 Å². The van der Waals surface area contributed by atoms with Crippen LogP contribution < -0.4 is 5.32 Å². The maximum absolute atomic E-state index is 10.8. The zero-order valence-electron chi connectivity index (χ0n) is 10.9. The number of thiazole rings is 1. The Hall–Kier alpha value is -2.74. The highest BCUT2D eigenvalue weighted by molar-refractivity contribution is 7.19. The van der Waals surface area contributed by atoms with Crippen molar-refractivity contribution in [1.29, 1.82) is 0 Å². The molecule has 2 N–H and O–H groups in total. The summed E-state index contributed by atoms with van der Waals surface area (Å²) in [7, 11) is 0. The lowest BCUT2D eigenvalue weighted by atomic mass is 10.1. The molecule has 3 aromatic rings. The van der Waals surface area contributed by atoms with E-state index in [1.165, 1.54) is 0 Å². The van der Waals surface area contributed by atoms with Crippen LogP contribution in [0.5, 0.6) is 0 Å². The quantitative estimate of drug-likeness (QED) is 0.770. The fourth-order valence-electron chi connectivity index (χ4n) is 1.79. The smallest absolute Gasteiger partial charge is 0.410 e. The zero-order chi connectivity index (χ0) is 14.8. The van der Waals surface area contributed by atoms with Crippen LogP contribution in [-0.4, -0.2) is 26.3 Å². The highest BCUT2D eigenvalue weighted by atomic mass is 32.1. The Labute approximate surface area is 123 Å². The van der Waals surface area contributed by atoms with Gasteiger partial charge in [0.2, 0.25) is 0 Å². The van der Waals surface area contributed by atoms with Crippen LogP contribution >= 0.6 is 11.3 Å². The van der Waals surface area contributed by atoms with Gasteiger partial charge in [-0.2, -0.15) is 4.98 Å². The Morgan fingerprint density at radius 2 is 2.05 bits per heavy atom. The average molecular weight is 302 g/mol. The van der Waals surface area contributed by atoms with Gasteiger partial charge in [-0.25, -0.2) is 9.78 Å². The second-order valence-electron chi connectivity index (χ2n) is 4.14. The van der Waals surface area contributed by atoms with E-state index in [0.717, 1.165) is 16.9 Å². The molecule has 2 aromatic heterocycles. The molecular weight excluding hydrogens is 292 g/mol. The van der Waals surface area contributed by atoms with Crippen LogP contribution in [0.25, 0.3) is 22.0 Å². The van der Waals surface area contributed by atoms with Gasteiger partial charge in [-0.3, -0.25) is 5.32 Å². The Kier molecular flexibility index (Phi) is 3.36. The first kappa shape index (κ1) is 13.3. The number of carboxylic acid groups (broad SMARTS) is 1. The van der Waals surface area contributed by atoms with Crippen molar-refractivity contribution in [2.45, 2.75) is 6.92 Å². The predicted octanol–water partition coefficient (Wildman–Crippen LogP) is 3.26. The summed E-state index contributed by atoms with van der Waals surface area (Å²) in [4.78, 5) is 19.9. The maximum Gasteiger partial charge on any atom is 0.410 e. The molecule has 7 nitrogen and oxygen atoms in total. The molecule has 1 amide bonds. The van der Waals surface area contributed by atoms with Crippen molar-refractivity contribution in [3.05, 3.63) is 36.2 Å². The van der Waals surface area contributed by atoms with E-state index in [2.05, 4.69) is 20.4 Å². The molecule has 106 valence electrons. The van der Waals surface area contributed by atoms with E-state index in [0.29, 0.717) is 22.3 Å². The Bertz CT molecular complexity index is 782. The van der Waals surface area contributed by atoms with Crippen LogP contribution in [0.15, 0.2) is 34.9 Å². The number of hydrogen-bond acceptors (Lipinski definition) is 6. The van der Waals surface area contributed by atoms with Gasteiger partial charge in [0.05, 0.1) is 5.69 Å². The SMILES string of the molecule is Cc1noc(-c2sc(NC(=O)O)nc2-c2ccccc2)n1. The molecule has 3 rings (SSSR count). The number of benzene rings is 1.